The van der Waals surface area contributed by atoms with E-state index >= 15 is 0 Å². The fraction of sp³-hybridized carbons (Fsp3) is 0.438. The highest BCUT2D eigenvalue weighted by Crippen LogP contribution is 2.28. The third-order valence-corrected chi connectivity index (χ3v) is 4.09. The zero-order chi connectivity index (χ0) is 15.2. The van der Waals surface area contributed by atoms with Crippen molar-refractivity contribution in [1.82, 2.24) is 15.1 Å². The summed E-state index contributed by atoms with van der Waals surface area (Å²) in [4.78, 5) is 0. The number of aromatic nitrogens is 2. The van der Waals surface area contributed by atoms with Crippen molar-refractivity contribution >= 4 is 23.2 Å². The van der Waals surface area contributed by atoms with Crippen LogP contribution >= 0.6 is 23.2 Å². The van der Waals surface area contributed by atoms with E-state index in [4.69, 9.17) is 23.2 Å². The Labute approximate surface area is 136 Å². The molecule has 21 heavy (non-hydrogen) atoms. The summed E-state index contributed by atoms with van der Waals surface area (Å²) in [7, 11) is 0. The van der Waals surface area contributed by atoms with Crippen LogP contribution in [0.5, 0.6) is 0 Å². The molecule has 0 saturated carbocycles. The molecular formula is C16H21Cl2N3. The molecule has 0 bridgehead atoms. The van der Waals surface area contributed by atoms with Crippen molar-refractivity contribution in [3.8, 4) is 0 Å². The number of benzene rings is 1. The fourth-order valence-electron chi connectivity index (χ4n) is 2.50. The van der Waals surface area contributed by atoms with Gasteiger partial charge >= 0.3 is 0 Å². The minimum absolute atomic E-state index is 0.108. The van der Waals surface area contributed by atoms with E-state index in [0.29, 0.717) is 5.02 Å². The average molecular weight is 326 g/mol. The van der Waals surface area contributed by atoms with Crippen molar-refractivity contribution in [2.24, 2.45) is 0 Å². The fourth-order valence-corrected chi connectivity index (χ4v) is 2.99. The number of hydrogen-bond acceptors (Lipinski definition) is 2. The lowest BCUT2D eigenvalue weighted by Gasteiger charge is -2.20. The molecule has 3 nitrogen and oxygen atoms in total. The molecule has 1 aromatic carbocycles. The molecule has 1 atom stereocenters. The van der Waals surface area contributed by atoms with Gasteiger partial charge < -0.3 is 5.32 Å². The summed E-state index contributed by atoms with van der Waals surface area (Å²) in [6, 6.07) is 8.04. The molecule has 0 aliphatic rings. The van der Waals surface area contributed by atoms with E-state index in [2.05, 4.69) is 30.3 Å². The molecule has 0 fully saturated rings. The molecule has 0 saturated heterocycles. The highest BCUT2D eigenvalue weighted by Gasteiger charge is 2.20. The van der Waals surface area contributed by atoms with Gasteiger partial charge in [0.2, 0.25) is 0 Å². The lowest BCUT2D eigenvalue weighted by Crippen LogP contribution is -2.26. The number of likely N-dealkylation sites (N-methyl/N-ethyl adjacent to an activating group) is 1. The van der Waals surface area contributed by atoms with Crippen LogP contribution in [0.2, 0.25) is 10.0 Å². The minimum atomic E-state index is 0.108. The van der Waals surface area contributed by atoms with E-state index in [-0.39, 0.29) is 6.04 Å². The van der Waals surface area contributed by atoms with Crippen LogP contribution in [0, 0.1) is 0 Å². The summed E-state index contributed by atoms with van der Waals surface area (Å²) < 4.78 is 1.99. The Bertz CT molecular complexity index is 581. The minimum Gasteiger partial charge on any atom is -0.309 e. The van der Waals surface area contributed by atoms with E-state index in [9.17, 15) is 0 Å². The number of nitrogens with zero attached hydrogens (tertiary/aromatic N) is 2. The van der Waals surface area contributed by atoms with Crippen LogP contribution in [-0.2, 0) is 13.0 Å². The number of nitrogens with one attached hydrogen (secondary N) is 1. The first kappa shape index (κ1) is 16.3. The Kier molecular flexibility index (Phi) is 6.09. The van der Waals surface area contributed by atoms with Crippen molar-refractivity contribution in [3.63, 3.8) is 0 Å². The Morgan fingerprint density at radius 2 is 1.95 bits per heavy atom. The Hall–Kier alpha value is -1.03. The second-order valence-corrected chi connectivity index (χ2v) is 5.82. The van der Waals surface area contributed by atoms with Gasteiger partial charge in [0.1, 0.15) is 0 Å². The summed E-state index contributed by atoms with van der Waals surface area (Å²) in [6.07, 6.45) is 3.54. The molecular weight excluding hydrogens is 305 g/mol. The maximum Gasteiger partial charge on any atom is 0.0834 e. The molecule has 0 spiro atoms. The molecule has 0 amide bonds. The molecule has 1 N–H and O–H groups in total. The normalized spacial score (nSPS) is 12.6. The molecule has 0 aliphatic heterocycles. The largest absolute Gasteiger partial charge is 0.309 e. The predicted molar refractivity (Wildman–Crippen MR) is 89.1 cm³/mol. The summed E-state index contributed by atoms with van der Waals surface area (Å²) in [5, 5.41) is 9.38. The molecule has 5 heteroatoms. The third-order valence-electron chi connectivity index (χ3n) is 3.43. The van der Waals surface area contributed by atoms with Gasteiger partial charge in [-0.25, -0.2) is 0 Å². The molecule has 0 radical (unpaired) electrons. The highest BCUT2D eigenvalue weighted by molar-refractivity contribution is 6.31. The summed E-state index contributed by atoms with van der Waals surface area (Å²) in [5.74, 6) is 0. The van der Waals surface area contributed by atoms with Gasteiger partial charge in [-0.15, -0.1) is 0 Å². The topological polar surface area (TPSA) is 29.9 Å². The number of hydrogen-bond donors (Lipinski definition) is 1. The van der Waals surface area contributed by atoms with Crippen LogP contribution in [0.4, 0.5) is 0 Å². The second-order valence-electron chi connectivity index (χ2n) is 5.01. The van der Waals surface area contributed by atoms with Crippen molar-refractivity contribution in [2.45, 2.75) is 39.3 Å². The van der Waals surface area contributed by atoms with Gasteiger partial charge in [0.05, 0.1) is 23.0 Å². The van der Waals surface area contributed by atoms with Crippen LogP contribution in [0.1, 0.15) is 37.6 Å². The Morgan fingerprint density at radius 1 is 1.19 bits per heavy atom. The maximum absolute atomic E-state index is 6.36. The molecule has 2 aromatic rings. The lowest BCUT2D eigenvalue weighted by atomic mass is 10.0. The van der Waals surface area contributed by atoms with E-state index in [0.717, 1.165) is 42.2 Å². The van der Waals surface area contributed by atoms with Gasteiger partial charge in [-0.3, -0.25) is 4.68 Å². The van der Waals surface area contributed by atoms with Gasteiger partial charge in [0.15, 0.2) is 0 Å². The van der Waals surface area contributed by atoms with Crippen LogP contribution in [-0.4, -0.2) is 16.3 Å². The molecule has 1 heterocycles. The second kappa shape index (κ2) is 7.83. The van der Waals surface area contributed by atoms with Crippen LogP contribution < -0.4 is 5.32 Å². The van der Waals surface area contributed by atoms with Gasteiger partial charge in [-0.2, -0.15) is 5.10 Å². The molecule has 2 rings (SSSR count). The van der Waals surface area contributed by atoms with E-state index in [1.165, 1.54) is 0 Å². The summed E-state index contributed by atoms with van der Waals surface area (Å²) in [6.45, 7) is 5.96. The highest BCUT2D eigenvalue weighted by atomic mass is 35.5. The van der Waals surface area contributed by atoms with E-state index < -0.39 is 0 Å². The zero-order valence-electron chi connectivity index (χ0n) is 12.4. The van der Waals surface area contributed by atoms with E-state index in [1.807, 2.05) is 22.9 Å². The van der Waals surface area contributed by atoms with Gasteiger partial charge in [-0.05, 0) is 31.0 Å². The smallest absolute Gasteiger partial charge is 0.0834 e. The van der Waals surface area contributed by atoms with E-state index in [1.54, 1.807) is 6.20 Å². The number of rotatable bonds is 7. The molecule has 0 aliphatic carbocycles. The summed E-state index contributed by atoms with van der Waals surface area (Å²) in [5.41, 5.74) is 2.16. The first-order valence-corrected chi connectivity index (χ1v) is 8.10. The molecule has 1 unspecified atom stereocenters. The average Bonchev–Trinajstić information content (AvgIpc) is 2.82. The van der Waals surface area contributed by atoms with Crippen LogP contribution in [0.15, 0.2) is 30.5 Å². The van der Waals surface area contributed by atoms with Crippen molar-refractivity contribution < 1.29 is 0 Å². The first-order chi connectivity index (χ1) is 10.2. The van der Waals surface area contributed by atoms with Gasteiger partial charge in [-0.1, -0.05) is 55.2 Å². The monoisotopic (exact) mass is 325 g/mol. The first-order valence-electron chi connectivity index (χ1n) is 7.35. The molecule has 1 aromatic heterocycles. The van der Waals surface area contributed by atoms with Crippen molar-refractivity contribution in [3.05, 3.63) is 51.8 Å². The standard InChI is InChI=1S/C16H21Cl2N3/c1-3-9-21-16(14(18)11-20-21)15(19-4-2)10-12-7-5-6-8-13(12)17/h5-8,11,15,19H,3-4,9-10H2,1-2H3. The number of aryl methyl sites for hydroxylation is 1. The number of halogens is 2. The zero-order valence-corrected chi connectivity index (χ0v) is 14.0. The van der Waals surface area contributed by atoms with Crippen LogP contribution in [0.25, 0.3) is 0 Å². The van der Waals surface area contributed by atoms with Gasteiger partial charge in [0, 0.05) is 11.6 Å². The SMILES string of the molecule is CCCn1ncc(Cl)c1C(Cc1ccccc1Cl)NCC. The van der Waals surface area contributed by atoms with Gasteiger partial charge in [0.25, 0.3) is 0 Å². The third kappa shape index (κ3) is 4.00. The molecule has 114 valence electrons. The Morgan fingerprint density at radius 3 is 2.62 bits per heavy atom. The van der Waals surface area contributed by atoms with Crippen molar-refractivity contribution in [2.75, 3.05) is 6.54 Å². The maximum atomic E-state index is 6.36. The Balaban J connectivity index is 2.31. The predicted octanol–water partition coefficient (Wildman–Crippen LogP) is 4.49. The van der Waals surface area contributed by atoms with Crippen molar-refractivity contribution in [1.29, 1.82) is 0 Å². The quantitative estimate of drug-likeness (QED) is 0.812. The lowest BCUT2D eigenvalue weighted by molar-refractivity contribution is 0.478. The van der Waals surface area contributed by atoms with Crippen LogP contribution in [0.3, 0.4) is 0 Å². The summed E-state index contributed by atoms with van der Waals surface area (Å²) >= 11 is 12.6.